The summed E-state index contributed by atoms with van der Waals surface area (Å²) in [5.41, 5.74) is 6.01. The fraction of sp³-hybridized carbons (Fsp3) is 0.485. The first-order valence-corrected chi connectivity index (χ1v) is 16.2. The smallest absolute Gasteiger partial charge is 0.407 e. The molecule has 0 spiro atoms. The quantitative estimate of drug-likeness (QED) is 0.235. The van der Waals surface area contributed by atoms with Gasteiger partial charge in [-0.15, -0.1) is 0 Å². The molecule has 0 radical (unpaired) electrons. The summed E-state index contributed by atoms with van der Waals surface area (Å²) in [4.78, 5) is 40.9. The molecule has 5 atom stereocenters. The monoisotopic (exact) mass is 657 g/mol. The van der Waals surface area contributed by atoms with Gasteiger partial charge in [-0.25, -0.2) is 4.79 Å². The number of ether oxygens (including phenoxy) is 2. The molecule has 0 fully saturated rings. The highest BCUT2D eigenvalue weighted by Crippen LogP contribution is 2.29. The van der Waals surface area contributed by atoms with Gasteiger partial charge >= 0.3 is 6.09 Å². The van der Waals surface area contributed by atoms with Crippen molar-refractivity contribution < 1.29 is 37.7 Å². The maximum Gasteiger partial charge on any atom is 0.407 e. The van der Waals surface area contributed by atoms with Crippen LogP contribution in [0.4, 0.5) is 4.79 Å². The fourth-order valence-electron chi connectivity index (χ4n) is 5.15. The number of hydrogen-bond donors (Lipinski definition) is 4. The van der Waals surface area contributed by atoms with Crippen molar-refractivity contribution in [3.8, 4) is 0 Å². The SMILES string of the molecule is CC(C)(C)OC(=O)NC(Cc1ccccc1)C(O)C(Cc1ccccc1)NC(=O)[C@@H](N)CC(C)(C)C(=O)N1CCOC=C1S(=O)[O-]. The van der Waals surface area contributed by atoms with Gasteiger partial charge in [0.05, 0.1) is 30.8 Å². The number of hydrogen-bond acceptors (Lipinski definition) is 9. The van der Waals surface area contributed by atoms with E-state index in [1.54, 1.807) is 34.6 Å². The Balaban J connectivity index is 1.83. The van der Waals surface area contributed by atoms with Gasteiger partial charge in [0.2, 0.25) is 11.8 Å². The fourth-order valence-corrected chi connectivity index (χ4v) is 5.65. The van der Waals surface area contributed by atoms with Crippen molar-refractivity contribution in [1.29, 1.82) is 0 Å². The highest BCUT2D eigenvalue weighted by atomic mass is 32.2. The topological polar surface area (TPSA) is 183 Å². The Morgan fingerprint density at radius 2 is 1.50 bits per heavy atom. The van der Waals surface area contributed by atoms with Crippen LogP contribution in [0, 0.1) is 5.41 Å². The molecule has 3 amide bonds. The second-order valence-corrected chi connectivity index (χ2v) is 13.8. The number of rotatable bonds is 13. The Bertz CT molecular complexity index is 1380. The van der Waals surface area contributed by atoms with Crippen LogP contribution < -0.4 is 16.4 Å². The van der Waals surface area contributed by atoms with Gasteiger partial charge in [-0.1, -0.05) is 74.5 Å². The number of nitrogens with one attached hydrogen (secondary N) is 2. The molecule has 0 aromatic heterocycles. The van der Waals surface area contributed by atoms with Crippen LogP contribution in [0.25, 0.3) is 0 Å². The number of nitrogens with zero attached hydrogens (tertiary/aromatic N) is 1. The van der Waals surface area contributed by atoms with E-state index in [2.05, 4.69) is 10.6 Å². The van der Waals surface area contributed by atoms with Crippen molar-refractivity contribution in [2.75, 3.05) is 13.2 Å². The van der Waals surface area contributed by atoms with Crippen LogP contribution in [-0.2, 0) is 43.0 Å². The largest absolute Gasteiger partial charge is 0.767 e. The lowest BCUT2D eigenvalue weighted by Gasteiger charge is -2.36. The maximum absolute atomic E-state index is 13.6. The predicted octanol–water partition coefficient (Wildman–Crippen LogP) is 2.49. The van der Waals surface area contributed by atoms with E-state index in [0.29, 0.717) is 0 Å². The van der Waals surface area contributed by atoms with Gasteiger partial charge in [0.25, 0.3) is 0 Å². The van der Waals surface area contributed by atoms with Gasteiger partial charge in [0, 0.05) is 5.41 Å². The molecule has 46 heavy (non-hydrogen) atoms. The molecule has 0 saturated carbocycles. The van der Waals surface area contributed by atoms with Crippen LogP contribution >= 0.6 is 0 Å². The number of aliphatic hydroxyl groups excluding tert-OH is 1. The number of amides is 3. The minimum atomic E-state index is -2.71. The minimum absolute atomic E-state index is 0.0301. The first-order valence-electron chi connectivity index (χ1n) is 15.1. The molecule has 0 saturated heterocycles. The molecule has 2 aromatic carbocycles. The predicted molar refractivity (Wildman–Crippen MR) is 172 cm³/mol. The van der Waals surface area contributed by atoms with Crippen LogP contribution in [0.1, 0.15) is 52.2 Å². The molecule has 4 unspecified atom stereocenters. The third-order valence-corrected chi connectivity index (χ3v) is 8.05. The van der Waals surface area contributed by atoms with Gasteiger partial charge in [0.15, 0.2) is 0 Å². The van der Waals surface area contributed by atoms with Crippen molar-refractivity contribution in [3.63, 3.8) is 0 Å². The molecule has 252 valence electrons. The molecular formula is C33H45N4O8S-. The summed E-state index contributed by atoms with van der Waals surface area (Å²) in [6.45, 7) is 8.52. The summed E-state index contributed by atoms with van der Waals surface area (Å²) in [6.07, 6.45) is -0.657. The highest BCUT2D eigenvalue weighted by molar-refractivity contribution is 7.83. The van der Waals surface area contributed by atoms with Gasteiger partial charge in [-0.2, -0.15) is 0 Å². The van der Waals surface area contributed by atoms with Crippen molar-refractivity contribution in [2.24, 2.45) is 11.1 Å². The Morgan fingerprint density at radius 1 is 0.978 bits per heavy atom. The van der Waals surface area contributed by atoms with Crippen molar-refractivity contribution in [3.05, 3.63) is 83.1 Å². The first-order chi connectivity index (χ1) is 21.6. The summed E-state index contributed by atoms with van der Waals surface area (Å²) < 4.78 is 33.9. The standard InChI is InChI=1S/C33H46N4O8S/c1-32(2,3)45-31(41)36-26(19-23-14-10-7-11-15-23)28(38)25(18-22-12-8-6-9-13-22)35-29(39)24(34)20-33(4,5)30(40)37-16-17-44-21-27(37)46(42)43/h6-15,21,24-26,28,38H,16-20,34H2,1-5H3,(H,35,39)(H,36,41)(H,42,43)/p-1/t24-,25?,26?,28?/m0/s1. The lowest BCUT2D eigenvalue weighted by atomic mass is 9.83. The van der Waals surface area contributed by atoms with E-state index in [1.165, 1.54) is 0 Å². The molecular weight excluding hydrogens is 612 g/mol. The lowest BCUT2D eigenvalue weighted by Crippen LogP contribution is -2.58. The zero-order valence-corrected chi connectivity index (χ0v) is 27.8. The number of carbonyl (C=O) groups excluding carboxylic acids is 3. The molecule has 0 aliphatic carbocycles. The number of alkyl carbamates (subject to hydrolysis) is 1. The van der Waals surface area contributed by atoms with Crippen molar-refractivity contribution in [2.45, 2.75) is 83.7 Å². The molecule has 3 rings (SSSR count). The van der Waals surface area contributed by atoms with Gasteiger partial charge in [0.1, 0.15) is 23.5 Å². The van der Waals surface area contributed by atoms with Gasteiger partial charge in [-0.3, -0.25) is 18.7 Å². The van der Waals surface area contributed by atoms with E-state index in [9.17, 15) is 28.3 Å². The van der Waals surface area contributed by atoms with Crippen molar-refractivity contribution >= 4 is 29.0 Å². The van der Waals surface area contributed by atoms with E-state index >= 15 is 0 Å². The van der Waals surface area contributed by atoms with E-state index in [4.69, 9.17) is 15.2 Å². The summed E-state index contributed by atoms with van der Waals surface area (Å²) in [5.74, 6) is -1.15. The zero-order valence-electron chi connectivity index (χ0n) is 26.9. The first kappa shape index (κ1) is 36.7. The van der Waals surface area contributed by atoms with Crippen molar-refractivity contribution in [1.82, 2.24) is 15.5 Å². The highest BCUT2D eigenvalue weighted by Gasteiger charge is 2.39. The average molecular weight is 658 g/mol. The maximum atomic E-state index is 13.6. The second-order valence-electron chi connectivity index (χ2n) is 13.0. The van der Waals surface area contributed by atoms with Crippen LogP contribution in [0.3, 0.4) is 0 Å². The summed E-state index contributed by atoms with van der Waals surface area (Å²) in [7, 11) is 0. The van der Waals surface area contributed by atoms with E-state index in [0.717, 1.165) is 22.3 Å². The van der Waals surface area contributed by atoms with Crippen LogP contribution in [0.15, 0.2) is 72.0 Å². The third-order valence-electron chi connectivity index (χ3n) is 7.40. The Kier molecular flexibility index (Phi) is 12.9. The van der Waals surface area contributed by atoms with E-state index in [-0.39, 0.29) is 37.4 Å². The Morgan fingerprint density at radius 3 is 2.00 bits per heavy atom. The molecule has 2 aromatic rings. The number of benzene rings is 2. The van der Waals surface area contributed by atoms with E-state index in [1.807, 2.05) is 60.7 Å². The summed E-state index contributed by atoms with van der Waals surface area (Å²) >= 11 is -2.71. The number of carbonyl (C=O) groups is 3. The van der Waals surface area contributed by atoms with E-state index < -0.39 is 64.2 Å². The minimum Gasteiger partial charge on any atom is -0.767 e. The Hall–Kier alpha value is -3.78. The normalized spacial score (nSPS) is 17.0. The van der Waals surface area contributed by atoms with Crippen LogP contribution in [0.2, 0.25) is 0 Å². The molecule has 1 aliphatic rings. The van der Waals surface area contributed by atoms with Gasteiger partial charge in [-0.05, 0) is 62.2 Å². The molecule has 12 nitrogen and oxygen atoms in total. The molecule has 1 heterocycles. The molecule has 1 aliphatic heterocycles. The zero-order chi connectivity index (χ0) is 34.1. The Labute approximate surface area is 273 Å². The number of aliphatic hydroxyl groups is 1. The molecule has 0 bridgehead atoms. The van der Waals surface area contributed by atoms with Crippen LogP contribution in [0.5, 0.6) is 0 Å². The second kappa shape index (κ2) is 16.2. The lowest BCUT2D eigenvalue weighted by molar-refractivity contribution is -0.140. The molecule has 13 heteroatoms. The van der Waals surface area contributed by atoms with Gasteiger partial charge < -0.3 is 35.5 Å². The third kappa shape index (κ3) is 10.9. The van der Waals surface area contributed by atoms with Crippen LogP contribution in [-0.4, -0.2) is 79.7 Å². The molecule has 5 N–H and O–H groups in total. The summed E-state index contributed by atoms with van der Waals surface area (Å²) in [5, 5.41) is 17.1. The average Bonchev–Trinajstić information content (AvgIpc) is 2.99. The number of nitrogens with two attached hydrogens (primary N) is 1. The summed E-state index contributed by atoms with van der Waals surface area (Å²) in [6, 6.07) is 15.6.